The summed E-state index contributed by atoms with van der Waals surface area (Å²) in [6.45, 7) is 0.592. The van der Waals surface area contributed by atoms with Crippen molar-refractivity contribution in [2.45, 2.75) is 12.5 Å². The highest BCUT2D eigenvalue weighted by molar-refractivity contribution is 7.80. The quantitative estimate of drug-likeness (QED) is 0.622. The molecule has 0 fully saturated rings. The van der Waals surface area contributed by atoms with E-state index in [0.717, 1.165) is 12.1 Å². The number of carboxylic acid groups (broad SMARTS) is 1. The number of hydrogen-bond donors (Lipinski definition) is 3. The van der Waals surface area contributed by atoms with E-state index in [1.807, 2.05) is 18.2 Å². The Hall–Kier alpha value is -1.07. The molecule has 0 aliphatic carbocycles. The fourth-order valence-corrected chi connectivity index (χ4v) is 1.44. The summed E-state index contributed by atoms with van der Waals surface area (Å²) in [6.07, 6.45) is 2.45. The highest BCUT2D eigenvalue weighted by Gasteiger charge is 2.13. The molecule has 0 saturated carbocycles. The molecule has 1 rings (SSSR count). The first-order chi connectivity index (χ1) is 7.24. The molecule has 0 bridgehead atoms. The van der Waals surface area contributed by atoms with Gasteiger partial charge < -0.3 is 10.4 Å². The molecule has 1 atom stereocenters. The summed E-state index contributed by atoms with van der Waals surface area (Å²) in [5.41, 5.74) is 0.952. The van der Waals surface area contributed by atoms with E-state index in [1.165, 1.54) is 0 Å². The van der Waals surface area contributed by atoms with Gasteiger partial charge in [0.15, 0.2) is 0 Å². The van der Waals surface area contributed by atoms with Crippen LogP contribution in [0.1, 0.15) is 5.69 Å². The number of nitrogens with one attached hydrogen (secondary N) is 1. The Balaban J connectivity index is 2.30. The van der Waals surface area contributed by atoms with Crippen LogP contribution in [0.25, 0.3) is 0 Å². The lowest BCUT2D eigenvalue weighted by Crippen LogP contribution is -2.39. The monoisotopic (exact) mass is 226 g/mol. The SMILES string of the molecule is O=C(O)[C@H](CS)NCCc1ccccn1. The number of carbonyl (C=O) groups is 1. The van der Waals surface area contributed by atoms with E-state index < -0.39 is 12.0 Å². The average molecular weight is 226 g/mol. The molecule has 0 saturated heterocycles. The number of pyridine rings is 1. The molecule has 0 aliphatic rings. The lowest BCUT2D eigenvalue weighted by atomic mass is 10.2. The summed E-state index contributed by atoms with van der Waals surface area (Å²) in [5, 5.41) is 11.6. The molecule has 82 valence electrons. The van der Waals surface area contributed by atoms with Crippen LogP contribution in [-0.2, 0) is 11.2 Å². The molecule has 5 heteroatoms. The number of thiol groups is 1. The molecular formula is C10H14N2O2S. The second-order valence-corrected chi connectivity index (χ2v) is 3.46. The second-order valence-electron chi connectivity index (χ2n) is 3.10. The van der Waals surface area contributed by atoms with E-state index in [4.69, 9.17) is 5.11 Å². The zero-order chi connectivity index (χ0) is 11.1. The Morgan fingerprint density at radius 2 is 2.40 bits per heavy atom. The maximum absolute atomic E-state index is 10.6. The predicted octanol–water partition coefficient (Wildman–Crippen LogP) is 0.597. The molecule has 1 aromatic heterocycles. The largest absolute Gasteiger partial charge is 0.480 e. The van der Waals surface area contributed by atoms with Crippen molar-refractivity contribution in [2.24, 2.45) is 0 Å². The van der Waals surface area contributed by atoms with E-state index in [0.29, 0.717) is 6.54 Å². The Bertz CT molecular complexity index is 306. The van der Waals surface area contributed by atoms with Gasteiger partial charge in [-0.05, 0) is 12.1 Å². The standard InChI is InChI=1S/C10H14N2O2S/c13-10(14)9(7-15)12-6-4-8-3-1-2-5-11-8/h1-3,5,9,12,15H,4,6-7H2,(H,13,14)/t9-/m0/s1. The Morgan fingerprint density at radius 3 is 2.93 bits per heavy atom. The molecule has 0 aromatic carbocycles. The van der Waals surface area contributed by atoms with Gasteiger partial charge in [0.25, 0.3) is 0 Å². The fraction of sp³-hybridized carbons (Fsp3) is 0.400. The van der Waals surface area contributed by atoms with Crippen LogP contribution in [0.15, 0.2) is 24.4 Å². The summed E-state index contributed by atoms with van der Waals surface area (Å²) in [6, 6.07) is 5.09. The van der Waals surface area contributed by atoms with E-state index in [9.17, 15) is 4.79 Å². The van der Waals surface area contributed by atoms with Crippen molar-refractivity contribution in [3.63, 3.8) is 0 Å². The lowest BCUT2D eigenvalue weighted by Gasteiger charge is -2.10. The molecule has 2 N–H and O–H groups in total. The smallest absolute Gasteiger partial charge is 0.321 e. The normalized spacial score (nSPS) is 12.3. The van der Waals surface area contributed by atoms with Gasteiger partial charge in [0, 0.05) is 30.6 Å². The summed E-state index contributed by atoms with van der Waals surface area (Å²) in [4.78, 5) is 14.8. The first-order valence-corrected chi connectivity index (χ1v) is 5.34. The molecule has 4 nitrogen and oxygen atoms in total. The molecule has 0 aliphatic heterocycles. The lowest BCUT2D eigenvalue weighted by molar-refractivity contribution is -0.138. The van der Waals surface area contributed by atoms with Crippen LogP contribution >= 0.6 is 12.6 Å². The number of carboxylic acids is 1. The third-order valence-corrected chi connectivity index (χ3v) is 2.34. The Morgan fingerprint density at radius 1 is 1.60 bits per heavy atom. The van der Waals surface area contributed by atoms with Crippen LogP contribution in [0.3, 0.4) is 0 Å². The number of aromatic nitrogens is 1. The van der Waals surface area contributed by atoms with Crippen molar-refractivity contribution in [3.8, 4) is 0 Å². The third kappa shape index (κ3) is 4.31. The van der Waals surface area contributed by atoms with Gasteiger partial charge in [-0.2, -0.15) is 12.6 Å². The number of rotatable bonds is 6. The van der Waals surface area contributed by atoms with Gasteiger partial charge in [0.1, 0.15) is 6.04 Å². The molecule has 1 aromatic rings. The maximum Gasteiger partial charge on any atom is 0.321 e. The highest BCUT2D eigenvalue weighted by atomic mass is 32.1. The van der Waals surface area contributed by atoms with Gasteiger partial charge >= 0.3 is 5.97 Å². The maximum atomic E-state index is 10.6. The van der Waals surface area contributed by atoms with Crippen LogP contribution in [0.4, 0.5) is 0 Å². The summed E-state index contributed by atoms with van der Waals surface area (Å²) >= 11 is 3.96. The minimum Gasteiger partial charge on any atom is -0.480 e. The fourth-order valence-electron chi connectivity index (χ4n) is 1.15. The van der Waals surface area contributed by atoms with Crippen molar-refractivity contribution in [1.29, 1.82) is 0 Å². The van der Waals surface area contributed by atoms with E-state index >= 15 is 0 Å². The van der Waals surface area contributed by atoms with Gasteiger partial charge in [-0.25, -0.2) is 0 Å². The molecule has 0 unspecified atom stereocenters. The van der Waals surface area contributed by atoms with Gasteiger partial charge in [0.2, 0.25) is 0 Å². The zero-order valence-corrected chi connectivity index (χ0v) is 9.15. The minimum atomic E-state index is -0.869. The van der Waals surface area contributed by atoms with Gasteiger partial charge in [-0.1, -0.05) is 6.07 Å². The van der Waals surface area contributed by atoms with Crippen LogP contribution in [-0.4, -0.2) is 34.4 Å². The Kier molecular flexibility index (Phi) is 5.14. The van der Waals surface area contributed by atoms with Crippen molar-refractivity contribution >= 4 is 18.6 Å². The minimum absolute atomic E-state index is 0.289. The van der Waals surface area contributed by atoms with E-state index in [-0.39, 0.29) is 5.75 Å². The zero-order valence-electron chi connectivity index (χ0n) is 8.26. The first kappa shape index (κ1) is 12.0. The van der Waals surface area contributed by atoms with Gasteiger partial charge in [-0.15, -0.1) is 0 Å². The van der Waals surface area contributed by atoms with Crippen LogP contribution in [0.2, 0.25) is 0 Å². The van der Waals surface area contributed by atoms with Crippen molar-refractivity contribution in [3.05, 3.63) is 30.1 Å². The molecule has 15 heavy (non-hydrogen) atoms. The molecule has 1 heterocycles. The third-order valence-electron chi connectivity index (χ3n) is 1.98. The predicted molar refractivity (Wildman–Crippen MR) is 61.2 cm³/mol. The number of nitrogens with zero attached hydrogens (tertiary/aromatic N) is 1. The molecule has 0 spiro atoms. The van der Waals surface area contributed by atoms with Crippen LogP contribution in [0.5, 0.6) is 0 Å². The molecular weight excluding hydrogens is 212 g/mol. The van der Waals surface area contributed by atoms with Crippen molar-refractivity contribution in [1.82, 2.24) is 10.3 Å². The topological polar surface area (TPSA) is 62.2 Å². The second kappa shape index (κ2) is 6.42. The summed E-state index contributed by atoms with van der Waals surface area (Å²) in [5.74, 6) is -0.580. The molecule has 0 amide bonds. The number of hydrogen-bond acceptors (Lipinski definition) is 4. The Labute approximate surface area is 94.1 Å². The molecule has 0 radical (unpaired) electrons. The van der Waals surface area contributed by atoms with Crippen molar-refractivity contribution < 1.29 is 9.90 Å². The first-order valence-electron chi connectivity index (χ1n) is 4.71. The highest BCUT2D eigenvalue weighted by Crippen LogP contribution is 1.94. The van der Waals surface area contributed by atoms with Gasteiger partial charge in [-0.3, -0.25) is 9.78 Å². The summed E-state index contributed by atoms with van der Waals surface area (Å²) < 4.78 is 0. The van der Waals surface area contributed by atoms with E-state index in [2.05, 4.69) is 22.9 Å². The summed E-state index contributed by atoms with van der Waals surface area (Å²) in [7, 11) is 0. The van der Waals surface area contributed by atoms with E-state index in [1.54, 1.807) is 6.20 Å². The van der Waals surface area contributed by atoms with Crippen molar-refractivity contribution in [2.75, 3.05) is 12.3 Å². The number of aliphatic carboxylic acids is 1. The van der Waals surface area contributed by atoms with Crippen LogP contribution < -0.4 is 5.32 Å². The average Bonchev–Trinajstić information content (AvgIpc) is 2.25. The van der Waals surface area contributed by atoms with Gasteiger partial charge in [0.05, 0.1) is 0 Å². The van der Waals surface area contributed by atoms with Crippen LogP contribution in [0, 0.1) is 0 Å².